The predicted octanol–water partition coefficient (Wildman–Crippen LogP) is 1.55. The van der Waals surface area contributed by atoms with E-state index in [2.05, 4.69) is 5.10 Å². The number of aromatic nitrogens is 2. The summed E-state index contributed by atoms with van der Waals surface area (Å²) >= 11 is 0. The van der Waals surface area contributed by atoms with Crippen LogP contribution in [0.3, 0.4) is 0 Å². The van der Waals surface area contributed by atoms with Crippen molar-refractivity contribution in [2.45, 2.75) is 58.2 Å². The number of rotatable bonds is 3. The molecule has 2 N–H and O–H groups in total. The molecule has 1 aromatic heterocycles. The second-order valence-electron chi connectivity index (χ2n) is 5.42. The Hall–Kier alpha value is -1.36. The molecule has 2 unspecified atom stereocenters. The van der Waals surface area contributed by atoms with Crippen molar-refractivity contribution in [3.8, 4) is 0 Å². The van der Waals surface area contributed by atoms with Gasteiger partial charge < -0.3 is 10.6 Å². The molecule has 1 fully saturated rings. The van der Waals surface area contributed by atoms with E-state index in [1.807, 2.05) is 31.9 Å². The Kier molecular flexibility index (Phi) is 4.24. The number of likely N-dealkylation sites (N-methyl/N-ethyl adjacent to an activating group) is 1. The van der Waals surface area contributed by atoms with E-state index in [-0.39, 0.29) is 18.0 Å². The van der Waals surface area contributed by atoms with Gasteiger partial charge in [-0.15, -0.1) is 0 Å². The molecule has 2 rings (SSSR count). The molecule has 1 saturated carbocycles. The van der Waals surface area contributed by atoms with E-state index in [0.717, 1.165) is 25.0 Å². The zero-order valence-corrected chi connectivity index (χ0v) is 12.1. The molecule has 0 aromatic carbocycles. The van der Waals surface area contributed by atoms with Gasteiger partial charge in [-0.2, -0.15) is 5.10 Å². The summed E-state index contributed by atoms with van der Waals surface area (Å²) in [6, 6.07) is 2.11. The van der Waals surface area contributed by atoms with Crippen LogP contribution in [0, 0.1) is 6.92 Å². The van der Waals surface area contributed by atoms with Gasteiger partial charge in [-0.25, -0.2) is 0 Å². The molecular weight excluding hydrogens is 240 g/mol. The Morgan fingerprint density at radius 1 is 1.53 bits per heavy atom. The second-order valence-corrected chi connectivity index (χ2v) is 5.42. The maximum absolute atomic E-state index is 12.6. The van der Waals surface area contributed by atoms with Gasteiger partial charge in [-0.1, -0.05) is 12.8 Å². The molecule has 0 saturated heterocycles. The number of carbonyl (C=O) groups excluding carboxylic acids is 1. The first-order valence-electron chi connectivity index (χ1n) is 7.11. The van der Waals surface area contributed by atoms with Crippen molar-refractivity contribution in [3.63, 3.8) is 0 Å². The fraction of sp³-hybridized carbons (Fsp3) is 0.714. The number of nitrogens with zero attached hydrogens (tertiary/aromatic N) is 3. The minimum atomic E-state index is 0.0322. The van der Waals surface area contributed by atoms with Crippen molar-refractivity contribution in [1.82, 2.24) is 14.7 Å². The highest BCUT2D eigenvalue weighted by molar-refractivity contribution is 5.92. The van der Waals surface area contributed by atoms with Gasteiger partial charge in [-0.3, -0.25) is 9.48 Å². The first-order chi connectivity index (χ1) is 9.04. The topological polar surface area (TPSA) is 64.2 Å². The molecule has 1 heterocycles. The van der Waals surface area contributed by atoms with Gasteiger partial charge in [0.05, 0.1) is 5.69 Å². The summed E-state index contributed by atoms with van der Waals surface area (Å²) in [5.41, 5.74) is 7.70. The van der Waals surface area contributed by atoms with Crippen LogP contribution in [-0.4, -0.2) is 39.7 Å². The minimum absolute atomic E-state index is 0.0322. The monoisotopic (exact) mass is 264 g/mol. The molecule has 0 spiro atoms. The number of nitrogens with two attached hydrogens (primary N) is 1. The smallest absolute Gasteiger partial charge is 0.272 e. The lowest BCUT2D eigenvalue weighted by Gasteiger charge is -2.36. The van der Waals surface area contributed by atoms with Crippen LogP contribution in [0.2, 0.25) is 0 Å². The molecule has 19 heavy (non-hydrogen) atoms. The summed E-state index contributed by atoms with van der Waals surface area (Å²) in [7, 11) is 1.86. The molecular formula is C14H24N4O. The van der Waals surface area contributed by atoms with E-state index in [4.69, 9.17) is 5.73 Å². The van der Waals surface area contributed by atoms with Crippen molar-refractivity contribution in [2.24, 2.45) is 5.73 Å². The molecule has 5 heteroatoms. The lowest BCUT2D eigenvalue weighted by atomic mass is 9.90. The summed E-state index contributed by atoms with van der Waals surface area (Å²) in [6.07, 6.45) is 4.34. The number of hydrogen-bond acceptors (Lipinski definition) is 3. The average molecular weight is 264 g/mol. The zero-order chi connectivity index (χ0) is 14.0. The maximum atomic E-state index is 12.6. The summed E-state index contributed by atoms with van der Waals surface area (Å²) < 4.78 is 1.77. The van der Waals surface area contributed by atoms with Crippen LogP contribution in [0.5, 0.6) is 0 Å². The third-order valence-electron chi connectivity index (χ3n) is 4.02. The third kappa shape index (κ3) is 2.81. The highest BCUT2D eigenvalue weighted by Gasteiger charge is 2.30. The number of amides is 1. The summed E-state index contributed by atoms with van der Waals surface area (Å²) in [4.78, 5) is 14.4. The Bertz CT molecular complexity index is 454. The largest absolute Gasteiger partial charge is 0.336 e. The van der Waals surface area contributed by atoms with Gasteiger partial charge in [0.1, 0.15) is 5.69 Å². The van der Waals surface area contributed by atoms with Crippen LogP contribution in [0.25, 0.3) is 0 Å². The van der Waals surface area contributed by atoms with Crippen LogP contribution in [0.4, 0.5) is 0 Å². The van der Waals surface area contributed by atoms with E-state index in [9.17, 15) is 4.79 Å². The van der Waals surface area contributed by atoms with Crippen LogP contribution in [0.15, 0.2) is 6.07 Å². The molecule has 1 aliphatic carbocycles. The number of aryl methyl sites for hydroxylation is 2. The molecule has 106 valence electrons. The van der Waals surface area contributed by atoms with Crippen molar-refractivity contribution in [2.75, 3.05) is 7.05 Å². The molecule has 5 nitrogen and oxygen atoms in total. The van der Waals surface area contributed by atoms with E-state index in [0.29, 0.717) is 12.2 Å². The molecule has 1 aromatic rings. The molecule has 1 amide bonds. The standard InChI is InChI=1S/C14H24N4O/c1-4-18-13(9-10(2)16-18)14(19)17(3)12-8-6-5-7-11(12)15/h9,11-12H,4-8,15H2,1-3H3. The SMILES string of the molecule is CCn1nc(C)cc1C(=O)N(C)C1CCCCC1N. The van der Waals surface area contributed by atoms with Gasteiger partial charge in [0, 0.05) is 25.7 Å². The Morgan fingerprint density at radius 2 is 2.21 bits per heavy atom. The Labute approximate surface area is 114 Å². The molecule has 1 aliphatic rings. The van der Waals surface area contributed by atoms with Crippen LogP contribution in [-0.2, 0) is 6.54 Å². The van der Waals surface area contributed by atoms with Crippen molar-refractivity contribution < 1.29 is 4.79 Å². The van der Waals surface area contributed by atoms with Crippen LogP contribution < -0.4 is 5.73 Å². The highest BCUT2D eigenvalue weighted by Crippen LogP contribution is 2.22. The number of carbonyl (C=O) groups is 1. The summed E-state index contributed by atoms with van der Waals surface area (Å²) in [5.74, 6) is 0.0322. The van der Waals surface area contributed by atoms with Crippen LogP contribution in [0.1, 0.15) is 48.8 Å². The average Bonchev–Trinajstić information content (AvgIpc) is 2.79. The van der Waals surface area contributed by atoms with Crippen LogP contribution >= 0.6 is 0 Å². The van der Waals surface area contributed by atoms with E-state index < -0.39 is 0 Å². The highest BCUT2D eigenvalue weighted by atomic mass is 16.2. The quantitative estimate of drug-likeness (QED) is 0.901. The maximum Gasteiger partial charge on any atom is 0.272 e. The zero-order valence-electron chi connectivity index (χ0n) is 12.1. The molecule has 0 bridgehead atoms. The van der Waals surface area contributed by atoms with E-state index in [1.165, 1.54) is 6.42 Å². The third-order valence-corrected chi connectivity index (χ3v) is 4.02. The van der Waals surface area contributed by atoms with E-state index >= 15 is 0 Å². The van der Waals surface area contributed by atoms with Gasteiger partial charge >= 0.3 is 0 Å². The Balaban J connectivity index is 2.18. The minimum Gasteiger partial charge on any atom is -0.336 e. The summed E-state index contributed by atoms with van der Waals surface area (Å²) in [6.45, 7) is 4.62. The van der Waals surface area contributed by atoms with Gasteiger partial charge in [0.2, 0.25) is 0 Å². The number of hydrogen-bond donors (Lipinski definition) is 1. The van der Waals surface area contributed by atoms with E-state index in [1.54, 1.807) is 4.68 Å². The van der Waals surface area contributed by atoms with Crippen molar-refractivity contribution >= 4 is 5.91 Å². The van der Waals surface area contributed by atoms with Gasteiger partial charge in [-0.05, 0) is 32.8 Å². The lowest BCUT2D eigenvalue weighted by molar-refractivity contribution is 0.0659. The van der Waals surface area contributed by atoms with Crippen molar-refractivity contribution in [3.05, 3.63) is 17.5 Å². The lowest BCUT2D eigenvalue weighted by Crippen LogP contribution is -2.50. The fourth-order valence-corrected chi connectivity index (χ4v) is 2.91. The Morgan fingerprint density at radius 3 is 2.84 bits per heavy atom. The first kappa shape index (κ1) is 14.1. The van der Waals surface area contributed by atoms with Crippen molar-refractivity contribution in [1.29, 1.82) is 0 Å². The summed E-state index contributed by atoms with van der Waals surface area (Å²) in [5, 5.41) is 4.33. The fourth-order valence-electron chi connectivity index (χ4n) is 2.91. The van der Waals surface area contributed by atoms with Gasteiger partial charge in [0.15, 0.2) is 0 Å². The molecule has 0 radical (unpaired) electrons. The normalized spacial score (nSPS) is 23.4. The predicted molar refractivity (Wildman–Crippen MR) is 75.0 cm³/mol. The van der Waals surface area contributed by atoms with Gasteiger partial charge in [0.25, 0.3) is 5.91 Å². The second kappa shape index (κ2) is 5.74. The molecule has 2 atom stereocenters. The first-order valence-corrected chi connectivity index (χ1v) is 7.11. The molecule has 0 aliphatic heterocycles.